The van der Waals surface area contributed by atoms with Crippen molar-refractivity contribution in [3.8, 4) is 0 Å². The third-order valence-electron chi connectivity index (χ3n) is 5.00. The molecule has 164 valence electrons. The zero-order chi connectivity index (χ0) is 21.4. The van der Waals surface area contributed by atoms with E-state index in [1.807, 2.05) is 19.9 Å². The summed E-state index contributed by atoms with van der Waals surface area (Å²) in [5.74, 6) is -0.171. The Labute approximate surface area is 174 Å². The number of allylic oxidation sites excluding steroid dienone is 3. The molecule has 0 aromatic carbocycles. The minimum Gasteiger partial charge on any atom is -0.459 e. The fourth-order valence-electron chi connectivity index (χ4n) is 2.88. The molecular weight excluding hydrogens is 348 g/mol. The summed E-state index contributed by atoms with van der Waals surface area (Å²) in [6, 6.07) is 0.993. The lowest BCUT2D eigenvalue weighted by molar-refractivity contribution is -0.143. The Morgan fingerprint density at radius 1 is 0.964 bits per heavy atom. The van der Waals surface area contributed by atoms with Gasteiger partial charge in [-0.1, -0.05) is 31.6 Å². The van der Waals surface area contributed by atoms with Crippen molar-refractivity contribution in [2.75, 3.05) is 13.1 Å². The van der Waals surface area contributed by atoms with E-state index in [9.17, 15) is 4.79 Å². The molecule has 4 nitrogen and oxygen atoms in total. The Morgan fingerprint density at radius 2 is 1.64 bits per heavy atom. The molecule has 4 heteroatoms. The van der Waals surface area contributed by atoms with E-state index in [4.69, 9.17) is 4.74 Å². The topological polar surface area (TPSA) is 50.4 Å². The summed E-state index contributed by atoms with van der Waals surface area (Å²) >= 11 is 0. The zero-order valence-corrected chi connectivity index (χ0v) is 19.6. The highest BCUT2D eigenvalue weighted by molar-refractivity contribution is 5.87. The van der Waals surface area contributed by atoms with Gasteiger partial charge in [-0.2, -0.15) is 0 Å². The van der Waals surface area contributed by atoms with Crippen molar-refractivity contribution in [3.63, 3.8) is 0 Å². The molecule has 0 unspecified atom stereocenters. The highest BCUT2D eigenvalue weighted by Gasteiger charge is 2.11. The maximum atomic E-state index is 12.2. The number of ether oxygens (including phenoxy) is 1. The van der Waals surface area contributed by atoms with Gasteiger partial charge in [0.25, 0.3) is 0 Å². The van der Waals surface area contributed by atoms with Crippen LogP contribution in [0, 0.1) is 0 Å². The summed E-state index contributed by atoms with van der Waals surface area (Å²) in [5.41, 5.74) is 2.18. The summed E-state index contributed by atoms with van der Waals surface area (Å²) in [7, 11) is 0. The first-order valence-electron chi connectivity index (χ1n) is 11.2. The van der Waals surface area contributed by atoms with Crippen molar-refractivity contribution in [2.45, 2.75) is 112 Å². The Balaban J connectivity index is 3.90. The van der Waals surface area contributed by atoms with Gasteiger partial charge in [-0.05, 0) is 92.7 Å². The van der Waals surface area contributed by atoms with Crippen LogP contribution in [0.4, 0.5) is 0 Å². The smallest absolute Gasteiger partial charge is 0.333 e. The lowest BCUT2D eigenvalue weighted by Crippen LogP contribution is -2.26. The van der Waals surface area contributed by atoms with Gasteiger partial charge in [-0.15, -0.1) is 0 Å². The van der Waals surface area contributed by atoms with Crippen molar-refractivity contribution < 1.29 is 9.53 Å². The Bertz CT molecular complexity index is 469. The Morgan fingerprint density at radius 3 is 2.29 bits per heavy atom. The number of hydrogen-bond donors (Lipinski definition) is 2. The van der Waals surface area contributed by atoms with Crippen LogP contribution < -0.4 is 10.6 Å². The molecule has 0 aromatic rings. The van der Waals surface area contributed by atoms with Gasteiger partial charge in [0.15, 0.2) is 0 Å². The van der Waals surface area contributed by atoms with E-state index >= 15 is 0 Å². The van der Waals surface area contributed by atoms with Crippen molar-refractivity contribution >= 4 is 5.97 Å². The predicted octanol–water partition coefficient (Wildman–Crippen LogP) is 5.54. The van der Waals surface area contributed by atoms with E-state index in [2.05, 4.69) is 51.3 Å². The fraction of sp³-hybridized carbons (Fsp3) is 0.792. The van der Waals surface area contributed by atoms with Crippen LogP contribution in [-0.4, -0.2) is 37.2 Å². The summed E-state index contributed by atoms with van der Waals surface area (Å²) in [5, 5.41) is 6.97. The zero-order valence-electron chi connectivity index (χ0n) is 19.6. The van der Waals surface area contributed by atoms with Gasteiger partial charge < -0.3 is 15.4 Å². The molecule has 0 saturated carbocycles. The highest BCUT2D eigenvalue weighted by atomic mass is 16.5. The van der Waals surface area contributed by atoms with E-state index in [0.29, 0.717) is 12.1 Å². The maximum absolute atomic E-state index is 12.2. The molecule has 0 spiro atoms. The first-order chi connectivity index (χ1) is 13.3. The van der Waals surface area contributed by atoms with Crippen molar-refractivity contribution in [1.82, 2.24) is 10.6 Å². The SMILES string of the molecule is C/C=C(/C)CCCN[C@H](C)CC/C=C(/C)C(=O)O[C@H](C)CCCCNC(C)C. The minimum absolute atomic E-state index is 0.0175. The first-order valence-corrected chi connectivity index (χ1v) is 11.2. The number of nitrogens with one attached hydrogen (secondary N) is 2. The van der Waals surface area contributed by atoms with Gasteiger partial charge >= 0.3 is 5.97 Å². The fourth-order valence-corrected chi connectivity index (χ4v) is 2.88. The molecule has 0 aliphatic carbocycles. The largest absolute Gasteiger partial charge is 0.459 e. The second kappa shape index (κ2) is 16.8. The number of hydrogen-bond acceptors (Lipinski definition) is 4. The molecule has 0 heterocycles. The predicted molar refractivity (Wildman–Crippen MR) is 122 cm³/mol. The minimum atomic E-state index is -0.171. The molecule has 0 fully saturated rings. The van der Waals surface area contributed by atoms with Crippen molar-refractivity contribution in [2.24, 2.45) is 0 Å². The van der Waals surface area contributed by atoms with E-state index in [-0.39, 0.29) is 12.1 Å². The molecule has 2 atom stereocenters. The number of carbonyl (C=O) groups excluding carboxylic acids is 1. The Kier molecular flexibility index (Phi) is 16.1. The van der Waals surface area contributed by atoms with Crippen LogP contribution in [0.5, 0.6) is 0 Å². The van der Waals surface area contributed by atoms with Gasteiger partial charge in [0, 0.05) is 17.7 Å². The van der Waals surface area contributed by atoms with Gasteiger partial charge in [-0.25, -0.2) is 4.79 Å². The average Bonchev–Trinajstić information content (AvgIpc) is 2.64. The first kappa shape index (κ1) is 26.9. The van der Waals surface area contributed by atoms with Crippen LogP contribution in [0.25, 0.3) is 0 Å². The molecule has 0 rings (SSSR count). The number of rotatable bonds is 16. The summed E-state index contributed by atoms with van der Waals surface area (Å²) in [6.07, 6.45) is 11.6. The molecule has 0 saturated heterocycles. The number of unbranched alkanes of at least 4 members (excludes halogenated alkanes) is 1. The molecule has 0 amide bonds. The lowest BCUT2D eigenvalue weighted by Gasteiger charge is -2.15. The molecule has 0 radical (unpaired) electrons. The van der Waals surface area contributed by atoms with Crippen molar-refractivity contribution in [1.29, 1.82) is 0 Å². The van der Waals surface area contributed by atoms with Crippen LogP contribution >= 0.6 is 0 Å². The third kappa shape index (κ3) is 15.9. The van der Waals surface area contributed by atoms with Gasteiger partial charge in [-0.3, -0.25) is 0 Å². The van der Waals surface area contributed by atoms with Gasteiger partial charge in [0.2, 0.25) is 0 Å². The van der Waals surface area contributed by atoms with Crippen LogP contribution in [0.2, 0.25) is 0 Å². The summed E-state index contributed by atoms with van der Waals surface area (Å²) in [4.78, 5) is 12.2. The van der Waals surface area contributed by atoms with Crippen LogP contribution in [0.3, 0.4) is 0 Å². The average molecular weight is 395 g/mol. The number of carbonyl (C=O) groups is 1. The van der Waals surface area contributed by atoms with E-state index in [1.165, 1.54) is 12.0 Å². The monoisotopic (exact) mass is 394 g/mol. The number of esters is 1. The molecule has 0 aliphatic rings. The summed E-state index contributed by atoms with van der Waals surface area (Å²) in [6.45, 7) is 16.7. The lowest BCUT2D eigenvalue weighted by atomic mass is 10.1. The molecule has 28 heavy (non-hydrogen) atoms. The molecule has 0 aliphatic heterocycles. The van der Waals surface area contributed by atoms with E-state index in [0.717, 1.165) is 57.2 Å². The van der Waals surface area contributed by atoms with E-state index in [1.54, 1.807) is 0 Å². The Hall–Kier alpha value is -1.13. The molecular formula is C24H46N2O2. The van der Waals surface area contributed by atoms with Gasteiger partial charge in [0.05, 0.1) is 6.10 Å². The highest BCUT2D eigenvalue weighted by Crippen LogP contribution is 2.09. The second-order valence-electron chi connectivity index (χ2n) is 8.38. The third-order valence-corrected chi connectivity index (χ3v) is 5.00. The van der Waals surface area contributed by atoms with Crippen LogP contribution in [0.15, 0.2) is 23.3 Å². The summed E-state index contributed by atoms with van der Waals surface area (Å²) < 4.78 is 5.56. The van der Waals surface area contributed by atoms with E-state index < -0.39 is 0 Å². The quantitative estimate of drug-likeness (QED) is 0.156. The normalized spacial score (nSPS) is 15.0. The molecule has 0 bridgehead atoms. The van der Waals surface area contributed by atoms with Crippen LogP contribution in [-0.2, 0) is 9.53 Å². The van der Waals surface area contributed by atoms with Crippen LogP contribution in [0.1, 0.15) is 93.4 Å². The molecule has 0 aromatic heterocycles. The van der Waals surface area contributed by atoms with Gasteiger partial charge in [0.1, 0.15) is 0 Å². The maximum Gasteiger partial charge on any atom is 0.333 e. The second-order valence-corrected chi connectivity index (χ2v) is 8.38. The van der Waals surface area contributed by atoms with Crippen molar-refractivity contribution in [3.05, 3.63) is 23.3 Å². The molecule has 2 N–H and O–H groups in total. The standard InChI is InChI=1S/C24H46N2O2/c1-8-20(4)13-12-18-26-22(6)15-11-14-21(5)24(27)28-23(7)16-9-10-17-25-19(2)3/h8,14,19,22-23,25-26H,9-13,15-18H2,1-7H3/b20-8-,21-14-/t22-,23-/m1/s1.